The van der Waals surface area contributed by atoms with Crippen LogP contribution < -0.4 is 21.7 Å². The zero-order valence-corrected chi connectivity index (χ0v) is 20.4. The van der Waals surface area contributed by atoms with Crippen LogP contribution in [0.25, 0.3) is 0 Å². The molecule has 1 fully saturated rings. The number of nitrogens with zero attached hydrogens (tertiary/aromatic N) is 4. The summed E-state index contributed by atoms with van der Waals surface area (Å²) in [5, 5.41) is 3.33. The highest BCUT2D eigenvalue weighted by atomic mass is 32.1. The molecule has 2 aromatic carbocycles. The fraction of sp³-hybridized carbons (Fsp3) is 0.320. The van der Waals surface area contributed by atoms with Crippen molar-refractivity contribution in [2.24, 2.45) is 5.73 Å². The number of anilines is 3. The molecule has 0 bridgehead atoms. The summed E-state index contributed by atoms with van der Waals surface area (Å²) in [5.41, 5.74) is 15.8. The minimum absolute atomic E-state index is 0.228. The second-order valence-electron chi connectivity index (χ2n) is 8.94. The lowest BCUT2D eigenvalue weighted by molar-refractivity contribution is 0.0999. The highest BCUT2D eigenvalue weighted by Crippen LogP contribution is 2.41. The van der Waals surface area contributed by atoms with E-state index in [9.17, 15) is 9.59 Å². The lowest BCUT2D eigenvalue weighted by Gasteiger charge is -2.36. The van der Waals surface area contributed by atoms with Gasteiger partial charge in [-0.3, -0.25) is 4.79 Å². The molecule has 0 saturated carbocycles. The number of thiazole rings is 1. The third-order valence-corrected chi connectivity index (χ3v) is 7.77. The van der Waals surface area contributed by atoms with Crippen LogP contribution in [-0.2, 0) is 6.42 Å². The number of likely N-dealkylation sites (N-methyl/N-ethyl adjacent to an activating group) is 1. The van der Waals surface area contributed by atoms with Crippen LogP contribution in [0.5, 0.6) is 0 Å². The number of carbonyl (C=O) groups excluding carboxylic acids is 2. The zero-order chi connectivity index (χ0) is 24.5. The van der Waals surface area contributed by atoms with Crippen LogP contribution in [0.1, 0.15) is 32.0 Å². The van der Waals surface area contributed by atoms with E-state index in [0.29, 0.717) is 18.7 Å². The number of para-hydroxylation sites is 1. The second-order valence-corrected chi connectivity index (χ2v) is 9.97. The molecule has 1 unspecified atom stereocenters. The van der Waals surface area contributed by atoms with Crippen LogP contribution in [0.2, 0.25) is 0 Å². The van der Waals surface area contributed by atoms with Crippen LogP contribution in [0.4, 0.5) is 21.9 Å². The van der Waals surface area contributed by atoms with Crippen molar-refractivity contribution in [3.63, 3.8) is 0 Å². The van der Waals surface area contributed by atoms with Crippen LogP contribution in [0.3, 0.4) is 0 Å². The van der Waals surface area contributed by atoms with E-state index in [4.69, 9.17) is 11.5 Å². The molecule has 10 heteroatoms. The quantitative estimate of drug-likeness (QED) is 0.483. The maximum atomic E-state index is 13.6. The SMILES string of the molecule is CN1CCN(c2cccc(NC(=O)N3CCc4nc(C(N)=O)sc4C3c3ccccc3N)c2)CC1. The summed E-state index contributed by atoms with van der Waals surface area (Å²) in [5.74, 6) is -0.569. The highest BCUT2D eigenvalue weighted by Gasteiger charge is 2.36. The van der Waals surface area contributed by atoms with E-state index in [2.05, 4.69) is 33.2 Å². The third kappa shape index (κ3) is 4.67. The largest absolute Gasteiger partial charge is 0.398 e. The van der Waals surface area contributed by atoms with E-state index in [0.717, 1.165) is 53.7 Å². The number of hydrogen-bond donors (Lipinski definition) is 3. The Morgan fingerprint density at radius 3 is 2.57 bits per heavy atom. The number of nitrogen functional groups attached to an aromatic ring is 1. The number of aromatic nitrogens is 1. The van der Waals surface area contributed by atoms with Crippen LogP contribution >= 0.6 is 11.3 Å². The van der Waals surface area contributed by atoms with Crippen molar-refractivity contribution in [1.29, 1.82) is 0 Å². The van der Waals surface area contributed by atoms with Crippen molar-refractivity contribution >= 4 is 40.3 Å². The van der Waals surface area contributed by atoms with Gasteiger partial charge in [0.1, 0.15) is 0 Å². The molecule has 182 valence electrons. The van der Waals surface area contributed by atoms with Crippen molar-refractivity contribution in [3.8, 4) is 0 Å². The Balaban J connectivity index is 1.43. The van der Waals surface area contributed by atoms with Gasteiger partial charge in [0, 0.05) is 61.8 Å². The molecule has 3 heterocycles. The van der Waals surface area contributed by atoms with Gasteiger partial charge in [-0.2, -0.15) is 0 Å². The van der Waals surface area contributed by atoms with Gasteiger partial charge in [-0.1, -0.05) is 24.3 Å². The Bertz CT molecular complexity index is 1250. The van der Waals surface area contributed by atoms with Crippen molar-refractivity contribution < 1.29 is 9.59 Å². The maximum Gasteiger partial charge on any atom is 0.322 e. The topological polar surface area (TPSA) is 121 Å². The summed E-state index contributed by atoms with van der Waals surface area (Å²) in [6.45, 7) is 4.36. The molecule has 3 aromatic rings. The molecule has 5 rings (SSSR count). The number of urea groups is 1. The summed E-state index contributed by atoms with van der Waals surface area (Å²) in [7, 11) is 2.13. The molecule has 1 saturated heterocycles. The van der Waals surface area contributed by atoms with Crippen LogP contribution in [0, 0.1) is 0 Å². The number of benzene rings is 2. The first-order valence-corrected chi connectivity index (χ1v) is 12.5. The number of primary amides is 1. The minimum Gasteiger partial charge on any atom is -0.398 e. The summed E-state index contributed by atoms with van der Waals surface area (Å²) >= 11 is 1.23. The van der Waals surface area contributed by atoms with E-state index in [-0.39, 0.29) is 11.0 Å². The van der Waals surface area contributed by atoms with Gasteiger partial charge in [-0.15, -0.1) is 11.3 Å². The Morgan fingerprint density at radius 2 is 1.83 bits per heavy atom. The predicted molar refractivity (Wildman–Crippen MR) is 139 cm³/mol. The number of piperazine rings is 1. The van der Waals surface area contributed by atoms with Gasteiger partial charge in [0.15, 0.2) is 5.01 Å². The number of fused-ring (bicyclic) bond motifs is 1. The van der Waals surface area contributed by atoms with E-state index in [1.54, 1.807) is 4.90 Å². The fourth-order valence-electron chi connectivity index (χ4n) is 4.69. The van der Waals surface area contributed by atoms with Gasteiger partial charge in [0.2, 0.25) is 0 Å². The van der Waals surface area contributed by atoms with Gasteiger partial charge in [-0.25, -0.2) is 9.78 Å². The van der Waals surface area contributed by atoms with Gasteiger partial charge in [-0.05, 0) is 31.3 Å². The molecule has 35 heavy (non-hydrogen) atoms. The van der Waals surface area contributed by atoms with Gasteiger partial charge in [0.05, 0.1) is 16.6 Å². The number of nitrogens with one attached hydrogen (secondary N) is 1. The van der Waals surface area contributed by atoms with Crippen molar-refractivity contribution in [2.45, 2.75) is 12.5 Å². The molecule has 0 spiro atoms. The van der Waals surface area contributed by atoms with Crippen LogP contribution in [-0.4, -0.2) is 66.5 Å². The molecule has 2 aliphatic rings. The van der Waals surface area contributed by atoms with E-state index < -0.39 is 11.9 Å². The number of nitrogens with two attached hydrogens (primary N) is 2. The van der Waals surface area contributed by atoms with E-state index >= 15 is 0 Å². The smallest absolute Gasteiger partial charge is 0.322 e. The Hall–Kier alpha value is -3.63. The monoisotopic (exact) mass is 491 g/mol. The number of amides is 3. The van der Waals surface area contributed by atoms with Gasteiger partial charge < -0.3 is 31.5 Å². The molecular formula is C25H29N7O2S. The van der Waals surface area contributed by atoms with Gasteiger partial charge >= 0.3 is 6.03 Å². The number of carbonyl (C=O) groups is 2. The first kappa shape index (κ1) is 23.1. The molecule has 0 radical (unpaired) electrons. The van der Waals surface area contributed by atoms with Crippen molar-refractivity contribution in [3.05, 3.63) is 69.7 Å². The summed E-state index contributed by atoms with van der Waals surface area (Å²) in [6.07, 6.45) is 0.539. The first-order chi connectivity index (χ1) is 16.9. The van der Waals surface area contributed by atoms with Crippen LogP contribution in [0.15, 0.2) is 48.5 Å². The summed E-state index contributed by atoms with van der Waals surface area (Å²) in [4.78, 5) is 37.1. The molecule has 5 N–H and O–H groups in total. The Labute approximate surface area is 208 Å². The number of hydrogen-bond acceptors (Lipinski definition) is 7. The highest BCUT2D eigenvalue weighted by molar-refractivity contribution is 7.13. The average molecular weight is 492 g/mol. The molecule has 1 atom stereocenters. The predicted octanol–water partition coefficient (Wildman–Crippen LogP) is 2.76. The third-order valence-electron chi connectivity index (χ3n) is 6.61. The number of rotatable bonds is 4. The van der Waals surface area contributed by atoms with E-state index in [1.165, 1.54) is 11.3 Å². The summed E-state index contributed by atoms with van der Waals surface area (Å²) < 4.78 is 0. The van der Waals surface area contributed by atoms with Gasteiger partial charge in [0.25, 0.3) is 5.91 Å². The average Bonchev–Trinajstić information content (AvgIpc) is 3.29. The maximum absolute atomic E-state index is 13.6. The fourth-order valence-corrected chi connectivity index (χ4v) is 5.78. The summed E-state index contributed by atoms with van der Waals surface area (Å²) in [6, 6.07) is 14.8. The zero-order valence-electron chi connectivity index (χ0n) is 19.6. The van der Waals surface area contributed by atoms with E-state index in [1.807, 2.05) is 42.5 Å². The normalized spacial score (nSPS) is 18.3. The second kappa shape index (κ2) is 9.55. The molecule has 9 nitrogen and oxygen atoms in total. The lowest BCUT2D eigenvalue weighted by atomic mass is 9.96. The molecular weight excluding hydrogens is 462 g/mol. The molecule has 0 aliphatic carbocycles. The minimum atomic E-state index is -0.569. The first-order valence-electron chi connectivity index (χ1n) is 11.7. The molecule has 2 aliphatic heterocycles. The Kier molecular flexibility index (Phi) is 6.31. The standard InChI is InChI=1S/C25H29N7O2S/c1-30-11-13-31(14-12-30)17-6-4-5-16(15-17)28-25(34)32-10-9-20-22(35-24(29-20)23(27)33)21(32)18-7-2-3-8-19(18)26/h2-8,15,21H,9-14,26H2,1H3,(H2,27,33)(H,28,34). The molecule has 3 amide bonds. The van der Waals surface area contributed by atoms with Crippen molar-refractivity contribution in [2.75, 3.05) is 55.7 Å². The van der Waals surface area contributed by atoms with Crippen molar-refractivity contribution in [1.82, 2.24) is 14.8 Å². The lowest BCUT2D eigenvalue weighted by Crippen LogP contribution is -2.44. The molecule has 1 aromatic heterocycles. The Morgan fingerprint density at radius 1 is 1.06 bits per heavy atom.